The minimum Gasteiger partial charge on any atom is -0.368 e. The van der Waals surface area contributed by atoms with Crippen LogP contribution in [0.5, 0.6) is 0 Å². The summed E-state index contributed by atoms with van der Waals surface area (Å²) < 4.78 is 0. The lowest BCUT2D eigenvalue weighted by Gasteiger charge is -2.02. The van der Waals surface area contributed by atoms with Gasteiger partial charge in [0.25, 0.3) is 0 Å². The summed E-state index contributed by atoms with van der Waals surface area (Å²) in [5.41, 5.74) is 5.08. The van der Waals surface area contributed by atoms with Crippen LogP contribution >= 0.6 is 0 Å². The summed E-state index contributed by atoms with van der Waals surface area (Å²) in [5, 5.41) is 3.01. The molecular weight excluding hydrogens is 128 g/mol. The van der Waals surface area contributed by atoms with Gasteiger partial charge in [0.15, 0.2) is 0 Å². The number of carbonyl (C=O) groups is 1. The first-order valence-electron chi connectivity index (χ1n) is 3.39. The molecule has 1 unspecified atom stereocenters. The molecule has 3 heteroatoms. The summed E-state index contributed by atoms with van der Waals surface area (Å²) in [5.74, 6) is 0.154. The lowest BCUT2D eigenvalue weighted by atomic mass is 10.1. The lowest BCUT2D eigenvalue weighted by molar-refractivity contribution is -0.119. The predicted molar refractivity (Wildman–Crippen MR) is 39.3 cm³/mol. The first kappa shape index (κ1) is 7.28. The Bertz CT molecular complexity index is 156. The molecule has 56 valence electrons. The van der Waals surface area contributed by atoms with Crippen LogP contribution < -0.4 is 11.1 Å². The van der Waals surface area contributed by atoms with Gasteiger partial charge in [-0.05, 0) is 12.3 Å². The van der Waals surface area contributed by atoms with Crippen LogP contribution in [-0.4, -0.2) is 18.5 Å². The SMILES string of the molecule is C=C[C@H]1CNC(C(N)=O)C1. The summed E-state index contributed by atoms with van der Waals surface area (Å²) in [6, 6.07) is -0.136. The molecule has 1 fully saturated rings. The standard InChI is InChI=1S/C7H12N2O/c1-2-5-3-6(7(8)10)9-4-5/h2,5-6,9H,1,3-4H2,(H2,8,10)/t5-,6?/m1/s1. The predicted octanol–water partition coefficient (Wildman–Crippen LogP) is -0.364. The zero-order valence-electron chi connectivity index (χ0n) is 5.84. The lowest BCUT2D eigenvalue weighted by Crippen LogP contribution is -2.36. The number of amides is 1. The molecule has 1 saturated heterocycles. The van der Waals surface area contributed by atoms with Crippen molar-refractivity contribution in [3.63, 3.8) is 0 Å². The van der Waals surface area contributed by atoms with Crippen molar-refractivity contribution >= 4 is 5.91 Å². The summed E-state index contributed by atoms with van der Waals surface area (Å²) in [6.45, 7) is 4.47. The average molecular weight is 140 g/mol. The molecule has 10 heavy (non-hydrogen) atoms. The Morgan fingerprint density at radius 1 is 1.80 bits per heavy atom. The number of nitrogens with two attached hydrogens (primary N) is 1. The van der Waals surface area contributed by atoms with E-state index in [0.717, 1.165) is 13.0 Å². The van der Waals surface area contributed by atoms with Crippen LogP contribution in [-0.2, 0) is 4.79 Å². The third-order valence-corrected chi connectivity index (χ3v) is 1.84. The summed E-state index contributed by atoms with van der Waals surface area (Å²) in [4.78, 5) is 10.6. The third kappa shape index (κ3) is 1.36. The van der Waals surface area contributed by atoms with Gasteiger partial charge in [0.2, 0.25) is 5.91 Å². The normalized spacial score (nSPS) is 32.0. The van der Waals surface area contributed by atoms with E-state index in [1.165, 1.54) is 0 Å². The maximum Gasteiger partial charge on any atom is 0.234 e. The van der Waals surface area contributed by atoms with Crippen LogP contribution in [0.3, 0.4) is 0 Å². The van der Waals surface area contributed by atoms with Gasteiger partial charge in [-0.15, -0.1) is 6.58 Å². The van der Waals surface area contributed by atoms with Crippen molar-refractivity contribution < 1.29 is 4.79 Å². The molecular formula is C7H12N2O. The van der Waals surface area contributed by atoms with Crippen molar-refractivity contribution in [3.8, 4) is 0 Å². The Hall–Kier alpha value is -0.830. The van der Waals surface area contributed by atoms with Gasteiger partial charge in [0, 0.05) is 6.54 Å². The molecule has 0 aromatic carbocycles. The molecule has 2 atom stereocenters. The minimum absolute atomic E-state index is 0.136. The van der Waals surface area contributed by atoms with Gasteiger partial charge in [0.1, 0.15) is 0 Å². The number of primary amides is 1. The van der Waals surface area contributed by atoms with E-state index >= 15 is 0 Å². The number of carbonyl (C=O) groups excluding carboxylic acids is 1. The van der Waals surface area contributed by atoms with Crippen LogP contribution in [0.4, 0.5) is 0 Å². The van der Waals surface area contributed by atoms with E-state index in [-0.39, 0.29) is 11.9 Å². The zero-order chi connectivity index (χ0) is 7.56. The fraction of sp³-hybridized carbons (Fsp3) is 0.571. The fourth-order valence-electron chi connectivity index (χ4n) is 1.16. The summed E-state index contributed by atoms with van der Waals surface area (Å²) in [6.07, 6.45) is 2.66. The molecule has 1 aliphatic rings. The first-order valence-corrected chi connectivity index (χ1v) is 3.39. The number of nitrogens with one attached hydrogen (secondary N) is 1. The number of hydrogen-bond acceptors (Lipinski definition) is 2. The fourth-order valence-corrected chi connectivity index (χ4v) is 1.16. The highest BCUT2D eigenvalue weighted by Crippen LogP contribution is 2.13. The molecule has 3 N–H and O–H groups in total. The van der Waals surface area contributed by atoms with Gasteiger partial charge in [-0.25, -0.2) is 0 Å². The van der Waals surface area contributed by atoms with Crippen LogP contribution in [0.25, 0.3) is 0 Å². The average Bonchev–Trinajstić information content (AvgIpc) is 2.34. The minimum atomic E-state index is -0.260. The van der Waals surface area contributed by atoms with E-state index in [2.05, 4.69) is 11.9 Å². The molecule has 1 amide bonds. The molecule has 0 aromatic heterocycles. The molecule has 1 aliphatic heterocycles. The third-order valence-electron chi connectivity index (χ3n) is 1.84. The van der Waals surface area contributed by atoms with Crippen molar-refractivity contribution in [3.05, 3.63) is 12.7 Å². The smallest absolute Gasteiger partial charge is 0.234 e. The van der Waals surface area contributed by atoms with Gasteiger partial charge in [-0.3, -0.25) is 4.79 Å². The van der Waals surface area contributed by atoms with Gasteiger partial charge >= 0.3 is 0 Å². The second kappa shape index (κ2) is 2.84. The second-order valence-electron chi connectivity index (χ2n) is 2.59. The second-order valence-corrected chi connectivity index (χ2v) is 2.59. The van der Waals surface area contributed by atoms with Gasteiger partial charge in [0.05, 0.1) is 6.04 Å². The maximum absolute atomic E-state index is 10.6. The summed E-state index contributed by atoms with van der Waals surface area (Å²) in [7, 11) is 0. The van der Waals surface area contributed by atoms with E-state index in [1.54, 1.807) is 0 Å². The Labute approximate surface area is 60.3 Å². The molecule has 0 bridgehead atoms. The largest absolute Gasteiger partial charge is 0.368 e. The molecule has 0 aliphatic carbocycles. The monoisotopic (exact) mass is 140 g/mol. The van der Waals surface area contributed by atoms with E-state index in [4.69, 9.17) is 5.73 Å². The van der Waals surface area contributed by atoms with Gasteiger partial charge in [-0.2, -0.15) is 0 Å². The van der Waals surface area contributed by atoms with E-state index in [9.17, 15) is 4.79 Å². The van der Waals surface area contributed by atoms with Crippen LogP contribution in [0.1, 0.15) is 6.42 Å². The Morgan fingerprint density at radius 2 is 2.50 bits per heavy atom. The van der Waals surface area contributed by atoms with Gasteiger partial charge < -0.3 is 11.1 Å². The van der Waals surface area contributed by atoms with Crippen molar-refractivity contribution in [1.82, 2.24) is 5.32 Å². The van der Waals surface area contributed by atoms with Crippen molar-refractivity contribution in [2.24, 2.45) is 11.7 Å². The van der Waals surface area contributed by atoms with Crippen LogP contribution in [0.15, 0.2) is 12.7 Å². The highest BCUT2D eigenvalue weighted by molar-refractivity contribution is 5.80. The first-order chi connectivity index (χ1) is 4.74. The molecule has 0 radical (unpaired) electrons. The molecule has 0 aromatic rings. The van der Waals surface area contributed by atoms with Crippen molar-refractivity contribution in [2.75, 3.05) is 6.54 Å². The molecule has 3 nitrogen and oxygen atoms in total. The van der Waals surface area contributed by atoms with E-state index < -0.39 is 0 Å². The number of rotatable bonds is 2. The van der Waals surface area contributed by atoms with Crippen molar-refractivity contribution in [2.45, 2.75) is 12.5 Å². The molecule has 0 spiro atoms. The van der Waals surface area contributed by atoms with Crippen LogP contribution in [0.2, 0.25) is 0 Å². The topological polar surface area (TPSA) is 55.1 Å². The van der Waals surface area contributed by atoms with E-state index in [1.807, 2.05) is 6.08 Å². The molecule has 1 rings (SSSR count). The molecule has 1 heterocycles. The Morgan fingerprint density at radius 3 is 2.80 bits per heavy atom. The van der Waals surface area contributed by atoms with E-state index in [0.29, 0.717) is 5.92 Å². The quantitative estimate of drug-likeness (QED) is 0.514. The Balaban J connectivity index is 2.42. The highest BCUT2D eigenvalue weighted by atomic mass is 16.1. The molecule has 0 saturated carbocycles. The zero-order valence-corrected chi connectivity index (χ0v) is 5.84. The highest BCUT2D eigenvalue weighted by Gasteiger charge is 2.25. The van der Waals surface area contributed by atoms with Gasteiger partial charge in [-0.1, -0.05) is 6.08 Å². The van der Waals surface area contributed by atoms with Crippen molar-refractivity contribution in [1.29, 1.82) is 0 Å². The Kier molecular flexibility index (Phi) is 2.06. The maximum atomic E-state index is 10.6. The summed E-state index contributed by atoms with van der Waals surface area (Å²) >= 11 is 0. The van der Waals surface area contributed by atoms with Crippen LogP contribution in [0, 0.1) is 5.92 Å². The number of hydrogen-bond donors (Lipinski definition) is 2.